The molecule has 1 aromatic carbocycles. The maximum Gasteiger partial charge on any atom is 0.240 e. The van der Waals surface area contributed by atoms with Crippen LogP contribution >= 0.6 is 24.8 Å². The monoisotopic (exact) mass is 403 g/mol. The van der Waals surface area contributed by atoms with Gasteiger partial charge in [-0.25, -0.2) is 0 Å². The van der Waals surface area contributed by atoms with Crippen molar-refractivity contribution in [2.75, 3.05) is 13.6 Å². The molecule has 0 aliphatic carbocycles. The molecule has 0 radical (unpaired) electrons. The van der Waals surface area contributed by atoms with Gasteiger partial charge in [0, 0.05) is 32.2 Å². The molecule has 26 heavy (non-hydrogen) atoms. The molecule has 1 aliphatic rings. The van der Waals surface area contributed by atoms with E-state index in [9.17, 15) is 4.79 Å². The van der Waals surface area contributed by atoms with Gasteiger partial charge in [0.05, 0.1) is 6.04 Å². The highest BCUT2D eigenvalue weighted by atomic mass is 35.5. The zero-order valence-corrected chi connectivity index (χ0v) is 18.3. The van der Waals surface area contributed by atoms with Gasteiger partial charge in [-0.05, 0) is 30.7 Å². The third-order valence-corrected chi connectivity index (χ3v) is 5.31. The third kappa shape index (κ3) is 6.41. The molecule has 3 atom stereocenters. The first-order valence-corrected chi connectivity index (χ1v) is 9.00. The first-order chi connectivity index (χ1) is 11.2. The van der Waals surface area contributed by atoms with Crippen molar-refractivity contribution in [1.29, 1.82) is 0 Å². The quantitative estimate of drug-likeness (QED) is 0.832. The maximum atomic E-state index is 12.7. The number of nitrogens with two attached hydrogens (primary N) is 1. The standard InChI is InChI=1S/C20H33N3O.2ClH/c1-15-13-17(22(5)19(24)18(21)20(2,3)4)11-12-23(15)14-16-9-7-6-8-10-16;;/h6-10,15,17-18H,11-14,21H2,1-5H3;2*1H/t15?,17?,18-;;/m1../s1. The smallest absolute Gasteiger partial charge is 0.240 e. The zero-order chi connectivity index (χ0) is 17.9. The van der Waals surface area contributed by atoms with Crippen LogP contribution in [0, 0.1) is 5.41 Å². The van der Waals surface area contributed by atoms with Crippen LogP contribution in [0.15, 0.2) is 30.3 Å². The molecule has 1 aromatic rings. The second-order valence-electron chi connectivity index (χ2n) is 8.28. The summed E-state index contributed by atoms with van der Waals surface area (Å²) in [6.45, 7) is 10.3. The van der Waals surface area contributed by atoms with Crippen molar-refractivity contribution in [1.82, 2.24) is 9.80 Å². The summed E-state index contributed by atoms with van der Waals surface area (Å²) in [7, 11) is 1.91. The van der Waals surface area contributed by atoms with E-state index in [2.05, 4.69) is 42.2 Å². The molecule has 1 fully saturated rings. The van der Waals surface area contributed by atoms with E-state index in [1.54, 1.807) is 0 Å². The Morgan fingerprint density at radius 2 is 1.85 bits per heavy atom. The van der Waals surface area contributed by atoms with E-state index in [1.165, 1.54) is 5.56 Å². The van der Waals surface area contributed by atoms with E-state index in [0.717, 1.165) is 25.9 Å². The fourth-order valence-corrected chi connectivity index (χ4v) is 3.37. The minimum absolute atomic E-state index is 0. The number of likely N-dealkylation sites (tertiary alicyclic amines) is 1. The number of carbonyl (C=O) groups is 1. The number of nitrogens with zero attached hydrogens (tertiary/aromatic N) is 2. The van der Waals surface area contributed by atoms with E-state index in [0.29, 0.717) is 6.04 Å². The molecular formula is C20H35Cl2N3O. The minimum Gasteiger partial charge on any atom is -0.341 e. The lowest BCUT2D eigenvalue weighted by atomic mass is 9.86. The minimum atomic E-state index is -0.444. The van der Waals surface area contributed by atoms with Crippen molar-refractivity contribution in [2.45, 2.75) is 65.2 Å². The Balaban J connectivity index is 0.00000312. The number of piperidine rings is 1. The molecule has 1 heterocycles. The van der Waals surface area contributed by atoms with E-state index in [4.69, 9.17) is 5.73 Å². The van der Waals surface area contributed by atoms with Crippen LogP contribution in [0.4, 0.5) is 0 Å². The molecule has 1 aliphatic heterocycles. The molecule has 6 heteroatoms. The molecule has 4 nitrogen and oxygen atoms in total. The van der Waals surface area contributed by atoms with Gasteiger partial charge < -0.3 is 10.6 Å². The van der Waals surface area contributed by atoms with Gasteiger partial charge in [0.25, 0.3) is 0 Å². The molecular weight excluding hydrogens is 369 g/mol. The molecule has 2 unspecified atom stereocenters. The molecule has 0 saturated carbocycles. The van der Waals surface area contributed by atoms with E-state index in [1.807, 2.05) is 32.7 Å². The van der Waals surface area contributed by atoms with Gasteiger partial charge in [-0.3, -0.25) is 9.69 Å². The molecule has 150 valence electrons. The average molecular weight is 404 g/mol. The van der Waals surface area contributed by atoms with Crippen molar-refractivity contribution >= 4 is 30.7 Å². The lowest BCUT2D eigenvalue weighted by Crippen LogP contribution is -2.55. The summed E-state index contributed by atoms with van der Waals surface area (Å²) in [5.41, 5.74) is 7.31. The van der Waals surface area contributed by atoms with Gasteiger partial charge in [0.2, 0.25) is 5.91 Å². The predicted molar refractivity (Wildman–Crippen MR) is 114 cm³/mol. The Labute approximate surface area is 171 Å². The van der Waals surface area contributed by atoms with Crippen LogP contribution in [0.1, 0.15) is 46.1 Å². The van der Waals surface area contributed by atoms with Crippen molar-refractivity contribution in [3.8, 4) is 0 Å². The number of amides is 1. The van der Waals surface area contributed by atoms with Gasteiger partial charge in [-0.2, -0.15) is 0 Å². The summed E-state index contributed by atoms with van der Waals surface area (Å²) in [5, 5.41) is 0. The molecule has 2 rings (SSSR count). The number of hydrogen-bond acceptors (Lipinski definition) is 3. The highest BCUT2D eigenvalue weighted by Gasteiger charge is 2.35. The van der Waals surface area contributed by atoms with Crippen LogP contribution in [0.25, 0.3) is 0 Å². The van der Waals surface area contributed by atoms with Crippen LogP contribution in [0.5, 0.6) is 0 Å². The largest absolute Gasteiger partial charge is 0.341 e. The number of carbonyl (C=O) groups excluding carboxylic acids is 1. The maximum absolute atomic E-state index is 12.7. The topological polar surface area (TPSA) is 49.6 Å². The number of likely N-dealkylation sites (N-methyl/N-ethyl adjacent to an activating group) is 1. The van der Waals surface area contributed by atoms with Crippen LogP contribution in [0.2, 0.25) is 0 Å². The molecule has 1 amide bonds. The summed E-state index contributed by atoms with van der Waals surface area (Å²) in [6, 6.07) is 10.9. The second-order valence-corrected chi connectivity index (χ2v) is 8.28. The summed E-state index contributed by atoms with van der Waals surface area (Å²) in [6.07, 6.45) is 2.02. The molecule has 0 bridgehead atoms. The lowest BCUT2D eigenvalue weighted by Gasteiger charge is -2.42. The summed E-state index contributed by atoms with van der Waals surface area (Å²) in [5.74, 6) is 0.0659. The van der Waals surface area contributed by atoms with Gasteiger partial charge in [-0.15, -0.1) is 24.8 Å². The normalized spacial score (nSPS) is 21.9. The Morgan fingerprint density at radius 1 is 1.27 bits per heavy atom. The van der Waals surface area contributed by atoms with Gasteiger partial charge in [0.1, 0.15) is 0 Å². The third-order valence-electron chi connectivity index (χ3n) is 5.31. The number of hydrogen-bond donors (Lipinski definition) is 1. The summed E-state index contributed by atoms with van der Waals surface area (Å²) < 4.78 is 0. The second kappa shape index (κ2) is 10.5. The van der Waals surface area contributed by atoms with Crippen molar-refractivity contribution in [3.63, 3.8) is 0 Å². The van der Waals surface area contributed by atoms with Crippen molar-refractivity contribution in [2.24, 2.45) is 11.1 Å². The first kappa shape index (κ1) is 25.2. The Bertz CT molecular complexity index is 548. The van der Waals surface area contributed by atoms with Crippen molar-refractivity contribution in [3.05, 3.63) is 35.9 Å². The van der Waals surface area contributed by atoms with Gasteiger partial charge >= 0.3 is 0 Å². The van der Waals surface area contributed by atoms with E-state index >= 15 is 0 Å². The molecule has 1 saturated heterocycles. The van der Waals surface area contributed by atoms with E-state index in [-0.39, 0.29) is 42.2 Å². The highest BCUT2D eigenvalue weighted by molar-refractivity contribution is 5.85. The Morgan fingerprint density at radius 3 is 2.35 bits per heavy atom. The van der Waals surface area contributed by atoms with Crippen LogP contribution in [-0.2, 0) is 11.3 Å². The highest BCUT2D eigenvalue weighted by Crippen LogP contribution is 2.25. The lowest BCUT2D eigenvalue weighted by molar-refractivity contribution is -0.137. The van der Waals surface area contributed by atoms with Gasteiger partial charge in [-0.1, -0.05) is 51.1 Å². The average Bonchev–Trinajstić information content (AvgIpc) is 2.54. The predicted octanol–water partition coefficient (Wildman–Crippen LogP) is 3.71. The Kier molecular flexibility index (Phi) is 10.2. The molecule has 2 N–H and O–H groups in total. The SMILES string of the molecule is CC1CC(N(C)C(=O)[C@@H](N)C(C)(C)C)CCN1Cc1ccccc1.Cl.Cl. The molecule has 0 aromatic heterocycles. The summed E-state index contributed by atoms with van der Waals surface area (Å²) in [4.78, 5) is 17.1. The first-order valence-electron chi connectivity index (χ1n) is 9.00. The number of rotatable bonds is 4. The Hall–Kier alpha value is -0.810. The van der Waals surface area contributed by atoms with E-state index < -0.39 is 6.04 Å². The summed E-state index contributed by atoms with van der Waals surface area (Å²) >= 11 is 0. The molecule has 0 spiro atoms. The zero-order valence-electron chi connectivity index (χ0n) is 16.6. The number of benzene rings is 1. The fourth-order valence-electron chi connectivity index (χ4n) is 3.37. The van der Waals surface area contributed by atoms with Crippen molar-refractivity contribution < 1.29 is 4.79 Å². The fraction of sp³-hybridized carbons (Fsp3) is 0.650. The van der Waals surface area contributed by atoms with Crippen LogP contribution < -0.4 is 5.73 Å². The number of halogens is 2. The van der Waals surface area contributed by atoms with Gasteiger partial charge in [0.15, 0.2) is 0 Å². The van der Waals surface area contributed by atoms with Crippen LogP contribution in [0.3, 0.4) is 0 Å². The van der Waals surface area contributed by atoms with Crippen LogP contribution in [-0.4, -0.2) is 47.4 Å².